The molecule has 6 heteroatoms. The number of anilines is 1. The number of fused-ring (bicyclic) bond motifs is 1. The highest BCUT2D eigenvalue weighted by atomic mass is 16.6. The smallest absolute Gasteiger partial charge is 0.296 e. The summed E-state index contributed by atoms with van der Waals surface area (Å²) in [6.07, 6.45) is 2.18. The summed E-state index contributed by atoms with van der Waals surface area (Å²) in [4.78, 5) is 14.4. The molecule has 1 N–H and O–H groups in total. The molecule has 0 atom stereocenters. The van der Waals surface area contributed by atoms with Gasteiger partial charge in [-0.2, -0.15) is 4.98 Å². The number of aromatic nitrogens is 1. The maximum atomic E-state index is 10.6. The summed E-state index contributed by atoms with van der Waals surface area (Å²) < 4.78 is 5.45. The van der Waals surface area contributed by atoms with Crippen LogP contribution in [0.2, 0.25) is 0 Å². The van der Waals surface area contributed by atoms with Gasteiger partial charge >= 0.3 is 0 Å². The molecule has 17 heavy (non-hydrogen) atoms. The zero-order valence-corrected chi connectivity index (χ0v) is 9.27. The third-order valence-electron chi connectivity index (χ3n) is 2.99. The topological polar surface area (TPSA) is 81.2 Å². The minimum atomic E-state index is -0.447. The van der Waals surface area contributed by atoms with E-state index in [1.165, 1.54) is 12.1 Å². The highest BCUT2D eigenvalue weighted by molar-refractivity contribution is 5.77. The Balaban J connectivity index is 1.97. The Morgan fingerprint density at radius 3 is 2.94 bits per heavy atom. The van der Waals surface area contributed by atoms with E-state index in [4.69, 9.17) is 4.42 Å². The molecule has 2 aromatic rings. The summed E-state index contributed by atoms with van der Waals surface area (Å²) in [7, 11) is 0. The zero-order valence-electron chi connectivity index (χ0n) is 9.27. The molecule has 1 fully saturated rings. The van der Waals surface area contributed by atoms with Crippen LogP contribution >= 0.6 is 0 Å². The third-order valence-corrected chi connectivity index (χ3v) is 2.99. The van der Waals surface area contributed by atoms with Crippen LogP contribution in [0.5, 0.6) is 0 Å². The molecule has 1 saturated carbocycles. The predicted octanol–water partition coefficient (Wildman–Crippen LogP) is 2.70. The third kappa shape index (κ3) is 1.82. The molecule has 1 aliphatic carbocycles. The predicted molar refractivity (Wildman–Crippen MR) is 61.9 cm³/mol. The number of oxazole rings is 1. The molecule has 0 amide bonds. The van der Waals surface area contributed by atoms with E-state index in [-0.39, 0.29) is 11.2 Å². The molecular formula is C11H11N3O3. The van der Waals surface area contributed by atoms with E-state index in [9.17, 15) is 10.1 Å². The molecule has 0 radical (unpaired) electrons. The van der Waals surface area contributed by atoms with E-state index in [0.717, 1.165) is 12.8 Å². The van der Waals surface area contributed by atoms with Crippen molar-refractivity contribution in [2.45, 2.75) is 25.3 Å². The van der Waals surface area contributed by atoms with Gasteiger partial charge in [-0.05, 0) is 25.8 Å². The lowest BCUT2D eigenvalue weighted by Gasteiger charge is -2.06. The lowest BCUT2D eigenvalue weighted by atomic mass is 10.3. The summed E-state index contributed by atoms with van der Waals surface area (Å²) in [5.41, 5.74) is 1.15. The van der Waals surface area contributed by atoms with E-state index in [1.54, 1.807) is 6.07 Å². The van der Waals surface area contributed by atoms with E-state index < -0.39 is 4.92 Å². The minimum absolute atomic E-state index is 0.0119. The van der Waals surface area contributed by atoms with Crippen LogP contribution in [0.1, 0.15) is 19.8 Å². The molecule has 6 nitrogen and oxygen atoms in total. The van der Waals surface area contributed by atoms with Crippen molar-refractivity contribution in [2.24, 2.45) is 0 Å². The fourth-order valence-corrected chi connectivity index (χ4v) is 1.65. The molecule has 3 rings (SSSR count). The monoisotopic (exact) mass is 233 g/mol. The molecule has 1 aromatic heterocycles. The average molecular weight is 233 g/mol. The largest absolute Gasteiger partial charge is 0.423 e. The Morgan fingerprint density at radius 2 is 2.29 bits per heavy atom. The second kappa shape index (κ2) is 3.19. The lowest BCUT2D eigenvalue weighted by molar-refractivity contribution is -0.384. The first-order valence-corrected chi connectivity index (χ1v) is 5.39. The van der Waals surface area contributed by atoms with Gasteiger partial charge in [0.1, 0.15) is 5.52 Å². The second-order valence-corrected chi connectivity index (χ2v) is 4.61. The van der Waals surface area contributed by atoms with Crippen molar-refractivity contribution in [1.82, 2.24) is 4.98 Å². The highest BCUT2D eigenvalue weighted by Gasteiger charge is 2.38. The molecular weight excluding hydrogens is 222 g/mol. The van der Waals surface area contributed by atoms with Gasteiger partial charge in [-0.3, -0.25) is 10.1 Å². The van der Waals surface area contributed by atoms with Gasteiger partial charge in [0.25, 0.3) is 11.7 Å². The van der Waals surface area contributed by atoms with Crippen LogP contribution in [0.4, 0.5) is 11.7 Å². The van der Waals surface area contributed by atoms with E-state index in [2.05, 4.69) is 17.2 Å². The molecule has 1 aromatic carbocycles. The summed E-state index contributed by atoms with van der Waals surface area (Å²) >= 11 is 0. The Bertz CT molecular complexity index is 601. The van der Waals surface area contributed by atoms with Crippen LogP contribution in [-0.2, 0) is 0 Å². The molecule has 88 valence electrons. The van der Waals surface area contributed by atoms with Crippen LogP contribution < -0.4 is 5.32 Å². The number of nitro benzene ring substituents is 1. The van der Waals surface area contributed by atoms with Gasteiger partial charge in [-0.25, -0.2) is 0 Å². The van der Waals surface area contributed by atoms with Crippen molar-refractivity contribution in [1.29, 1.82) is 0 Å². The zero-order chi connectivity index (χ0) is 12.0. The molecule has 1 heterocycles. The highest BCUT2D eigenvalue weighted by Crippen LogP contribution is 2.38. The van der Waals surface area contributed by atoms with Gasteiger partial charge in [0.2, 0.25) is 0 Å². The standard InChI is InChI=1S/C11H11N3O3/c1-11(4-5-11)13-10-12-8-3-2-7(14(15)16)6-9(8)17-10/h2-3,6H,4-5H2,1H3,(H,12,13). The van der Waals surface area contributed by atoms with Crippen molar-refractivity contribution >= 4 is 22.8 Å². The first-order chi connectivity index (χ1) is 8.06. The van der Waals surface area contributed by atoms with Crippen molar-refractivity contribution in [2.75, 3.05) is 5.32 Å². The second-order valence-electron chi connectivity index (χ2n) is 4.61. The first-order valence-electron chi connectivity index (χ1n) is 5.39. The molecule has 1 aliphatic rings. The summed E-state index contributed by atoms with van der Waals surface area (Å²) in [6.45, 7) is 2.09. The Hall–Kier alpha value is -2.11. The normalized spacial score (nSPS) is 17.0. The van der Waals surface area contributed by atoms with Gasteiger partial charge in [0.05, 0.1) is 11.0 Å². The van der Waals surface area contributed by atoms with Gasteiger partial charge in [-0.15, -0.1) is 0 Å². The molecule has 0 unspecified atom stereocenters. The van der Waals surface area contributed by atoms with Gasteiger partial charge in [-0.1, -0.05) is 0 Å². The number of hydrogen-bond acceptors (Lipinski definition) is 5. The fraction of sp³-hybridized carbons (Fsp3) is 0.364. The van der Waals surface area contributed by atoms with E-state index in [1.807, 2.05) is 0 Å². The van der Waals surface area contributed by atoms with Crippen molar-refractivity contribution in [3.63, 3.8) is 0 Å². The van der Waals surface area contributed by atoms with Crippen molar-refractivity contribution in [3.05, 3.63) is 28.3 Å². The fourth-order valence-electron chi connectivity index (χ4n) is 1.65. The number of hydrogen-bond donors (Lipinski definition) is 1. The SMILES string of the molecule is CC1(Nc2nc3ccc([N+](=O)[O-])cc3o2)CC1. The quantitative estimate of drug-likeness (QED) is 0.651. The molecule has 0 aliphatic heterocycles. The number of rotatable bonds is 3. The number of nitro groups is 1. The molecule has 0 bridgehead atoms. The van der Waals surface area contributed by atoms with Crippen LogP contribution in [-0.4, -0.2) is 15.4 Å². The number of benzene rings is 1. The minimum Gasteiger partial charge on any atom is -0.423 e. The molecule has 0 saturated heterocycles. The first kappa shape index (κ1) is 10.1. The van der Waals surface area contributed by atoms with Gasteiger partial charge < -0.3 is 9.73 Å². The summed E-state index contributed by atoms with van der Waals surface area (Å²) in [6, 6.07) is 4.84. The van der Waals surface area contributed by atoms with Crippen LogP contribution in [0.25, 0.3) is 11.1 Å². The van der Waals surface area contributed by atoms with Crippen molar-refractivity contribution < 1.29 is 9.34 Å². The van der Waals surface area contributed by atoms with Gasteiger partial charge in [0.15, 0.2) is 5.58 Å². The summed E-state index contributed by atoms with van der Waals surface area (Å²) in [5, 5.41) is 13.8. The summed E-state index contributed by atoms with van der Waals surface area (Å²) in [5.74, 6) is 0. The van der Waals surface area contributed by atoms with Crippen LogP contribution in [0.3, 0.4) is 0 Å². The number of nitrogens with one attached hydrogen (secondary N) is 1. The number of nitrogens with zero attached hydrogens (tertiary/aromatic N) is 2. The van der Waals surface area contributed by atoms with Crippen LogP contribution in [0, 0.1) is 10.1 Å². The maximum absolute atomic E-state index is 10.6. The number of non-ortho nitro benzene ring substituents is 1. The van der Waals surface area contributed by atoms with E-state index >= 15 is 0 Å². The molecule has 0 spiro atoms. The Kier molecular flexibility index (Phi) is 1.89. The van der Waals surface area contributed by atoms with E-state index in [0.29, 0.717) is 17.1 Å². The maximum Gasteiger partial charge on any atom is 0.296 e. The lowest BCUT2D eigenvalue weighted by Crippen LogP contribution is -2.15. The Labute approximate surface area is 96.8 Å². The Morgan fingerprint density at radius 1 is 1.53 bits per heavy atom. The van der Waals surface area contributed by atoms with Crippen LogP contribution in [0.15, 0.2) is 22.6 Å². The van der Waals surface area contributed by atoms with Crippen molar-refractivity contribution in [3.8, 4) is 0 Å². The van der Waals surface area contributed by atoms with Gasteiger partial charge in [0, 0.05) is 11.6 Å². The average Bonchev–Trinajstić information content (AvgIpc) is 2.86.